The van der Waals surface area contributed by atoms with Gasteiger partial charge < -0.3 is 10.2 Å². The molecule has 2 saturated heterocycles. The molecule has 0 aromatic rings. The van der Waals surface area contributed by atoms with Crippen LogP contribution in [0.1, 0.15) is 40.0 Å². The predicted octanol–water partition coefficient (Wildman–Crippen LogP) is 1.49. The quantitative estimate of drug-likeness (QED) is 0.837. The Kier molecular flexibility index (Phi) is 6.57. The molecular weight excluding hydrogens is 262 g/mol. The molecule has 0 aromatic heterocycles. The van der Waals surface area contributed by atoms with E-state index in [1.165, 1.54) is 19.3 Å². The van der Waals surface area contributed by atoms with E-state index in [0.717, 1.165) is 19.6 Å². The maximum atomic E-state index is 12.4. The maximum absolute atomic E-state index is 12.4. The fraction of sp³-hybridized carbons (Fsp3) is 0.929. The van der Waals surface area contributed by atoms with Crippen molar-refractivity contribution in [3.05, 3.63) is 0 Å². The van der Waals surface area contributed by atoms with Crippen LogP contribution in [0.5, 0.6) is 0 Å². The Balaban J connectivity index is 0.00000180. The minimum Gasteiger partial charge on any atom is -0.339 e. The number of hydrogen-bond acceptors (Lipinski definition) is 3. The molecule has 5 heteroatoms. The van der Waals surface area contributed by atoms with Crippen molar-refractivity contribution < 1.29 is 4.79 Å². The molecule has 3 unspecified atom stereocenters. The van der Waals surface area contributed by atoms with Gasteiger partial charge in [-0.05, 0) is 40.0 Å². The summed E-state index contributed by atoms with van der Waals surface area (Å²) in [7, 11) is 0. The first-order chi connectivity index (χ1) is 8.56. The van der Waals surface area contributed by atoms with E-state index in [2.05, 4.69) is 35.9 Å². The fourth-order valence-electron chi connectivity index (χ4n) is 3.32. The Morgan fingerprint density at radius 1 is 1.16 bits per heavy atom. The average Bonchev–Trinajstić information content (AvgIpc) is 2.27. The summed E-state index contributed by atoms with van der Waals surface area (Å²) >= 11 is 0. The molecule has 3 atom stereocenters. The molecule has 2 heterocycles. The number of nitrogens with zero attached hydrogens (tertiary/aromatic N) is 2. The summed E-state index contributed by atoms with van der Waals surface area (Å²) in [4.78, 5) is 16.7. The molecule has 0 spiro atoms. The number of amides is 1. The molecular formula is C14H28ClN3O. The smallest absolute Gasteiger partial charge is 0.236 e. The lowest BCUT2D eigenvalue weighted by Crippen LogP contribution is -2.57. The molecule has 0 aliphatic carbocycles. The Morgan fingerprint density at radius 2 is 1.79 bits per heavy atom. The van der Waals surface area contributed by atoms with Crippen LogP contribution in [0.3, 0.4) is 0 Å². The lowest BCUT2D eigenvalue weighted by atomic mass is 10.0. The van der Waals surface area contributed by atoms with Crippen LogP contribution in [0.25, 0.3) is 0 Å². The third-order valence-electron chi connectivity index (χ3n) is 4.12. The fourth-order valence-corrected chi connectivity index (χ4v) is 3.32. The largest absolute Gasteiger partial charge is 0.339 e. The number of carbonyl (C=O) groups is 1. The summed E-state index contributed by atoms with van der Waals surface area (Å²) in [6.07, 6.45) is 3.61. The van der Waals surface area contributed by atoms with E-state index in [1.807, 2.05) is 0 Å². The topological polar surface area (TPSA) is 35.6 Å². The van der Waals surface area contributed by atoms with Gasteiger partial charge in [-0.2, -0.15) is 0 Å². The lowest BCUT2D eigenvalue weighted by Gasteiger charge is -2.39. The summed E-state index contributed by atoms with van der Waals surface area (Å²) in [5, 5.41) is 3.50. The van der Waals surface area contributed by atoms with Crippen molar-refractivity contribution in [2.75, 3.05) is 26.2 Å². The third kappa shape index (κ3) is 4.62. The Bertz CT molecular complexity index is 290. The summed E-state index contributed by atoms with van der Waals surface area (Å²) in [5.41, 5.74) is 0. The lowest BCUT2D eigenvalue weighted by molar-refractivity contribution is -0.136. The van der Waals surface area contributed by atoms with Crippen molar-refractivity contribution in [1.82, 2.24) is 15.1 Å². The number of rotatable bonds is 2. The van der Waals surface area contributed by atoms with Crippen molar-refractivity contribution in [3.8, 4) is 0 Å². The number of piperazine rings is 1. The molecule has 0 bridgehead atoms. The number of carbonyl (C=O) groups excluding carboxylic acids is 1. The Morgan fingerprint density at radius 3 is 2.37 bits per heavy atom. The van der Waals surface area contributed by atoms with Crippen LogP contribution in [0.4, 0.5) is 0 Å². The minimum absolute atomic E-state index is 0. The van der Waals surface area contributed by atoms with Gasteiger partial charge in [0.1, 0.15) is 0 Å². The van der Waals surface area contributed by atoms with E-state index in [9.17, 15) is 4.79 Å². The number of halogens is 1. The van der Waals surface area contributed by atoms with E-state index in [-0.39, 0.29) is 12.4 Å². The van der Waals surface area contributed by atoms with Crippen molar-refractivity contribution in [2.45, 2.75) is 58.2 Å². The van der Waals surface area contributed by atoms with Crippen molar-refractivity contribution in [3.63, 3.8) is 0 Å². The molecule has 112 valence electrons. The summed E-state index contributed by atoms with van der Waals surface area (Å²) in [6, 6.07) is 1.41. The SMILES string of the molecule is CC1CN(CC(=O)N2CCCCC2C)CC(C)N1.Cl. The monoisotopic (exact) mass is 289 g/mol. The highest BCUT2D eigenvalue weighted by atomic mass is 35.5. The second-order valence-corrected chi connectivity index (χ2v) is 6.09. The van der Waals surface area contributed by atoms with Gasteiger partial charge in [-0.3, -0.25) is 9.69 Å². The molecule has 1 amide bonds. The molecule has 1 N–H and O–H groups in total. The van der Waals surface area contributed by atoms with Crippen molar-refractivity contribution in [1.29, 1.82) is 0 Å². The average molecular weight is 290 g/mol. The number of nitrogens with one attached hydrogen (secondary N) is 1. The van der Waals surface area contributed by atoms with Gasteiger partial charge in [0.15, 0.2) is 0 Å². The summed E-state index contributed by atoms with van der Waals surface area (Å²) < 4.78 is 0. The van der Waals surface area contributed by atoms with E-state index in [0.29, 0.717) is 30.6 Å². The predicted molar refractivity (Wildman–Crippen MR) is 80.8 cm³/mol. The molecule has 4 nitrogen and oxygen atoms in total. The molecule has 0 aromatic carbocycles. The van der Waals surface area contributed by atoms with Gasteiger partial charge in [0.25, 0.3) is 0 Å². The van der Waals surface area contributed by atoms with Crippen LogP contribution in [-0.2, 0) is 4.79 Å². The zero-order valence-electron chi connectivity index (χ0n) is 12.4. The van der Waals surface area contributed by atoms with Crippen LogP contribution in [-0.4, -0.2) is 60.0 Å². The summed E-state index contributed by atoms with van der Waals surface area (Å²) in [5.74, 6) is 0.323. The minimum atomic E-state index is 0. The van der Waals surface area contributed by atoms with Gasteiger partial charge in [0.05, 0.1) is 6.54 Å². The molecule has 19 heavy (non-hydrogen) atoms. The van der Waals surface area contributed by atoms with Gasteiger partial charge in [-0.25, -0.2) is 0 Å². The number of hydrogen-bond donors (Lipinski definition) is 1. The standard InChI is InChI=1S/C14H27N3O.ClH/c1-11-8-16(9-12(2)15-11)10-14(18)17-7-5-4-6-13(17)3;/h11-13,15H,4-10H2,1-3H3;1H. The van der Waals surface area contributed by atoms with Crippen LogP contribution in [0, 0.1) is 0 Å². The van der Waals surface area contributed by atoms with Crippen molar-refractivity contribution >= 4 is 18.3 Å². The number of piperidine rings is 1. The van der Waals surface area contributed by atoms with Crippen molar-refractivity contribution in [2.24, 2.45) is 0 Å². The molecule has 2 aliphatic heterocycles. The first-order valence-corrected chi connectivity index (χ1v) is 7.34. The molecule has 2 rings (SSSR count). The second-order valence-electron chi connectivity index (χ2n) is 6.09. The third-order valence-corrected chi connectivity index (χ3v) is 4.12. The van der Waals surface area contributed by atoms with Gasteiger partial charge in [0, 0.05) is 37.8 Å². The molecule has 2 aliphatic rings. The van der Waals surface area contributed by atoms with Crippen LogP contribution >= 0.6 is 12.4 Å². The highest BCUT2D eigenvalue weighted by molar-refractivity contribution is 5.85. The van der Waals surface area contributed by atoms with E-state index in [1.54, 1.807) is 0 Å². The van der Waals surface area contributed by atoms with Crippen LogP contribution < -0.4 is 5.32 Å². The zero-order chi connectivity index (χ0) is 13.1. The Labute approximate surface area is 123 Å². The molecule has 2 fully saturated rings. The highest BCUT2D eigenvalue weighted by Crippen LogP contribution is 2.17. The first-order valence-electron chi connectivity index (χ1n) is 7.34. The summed E-state index contributed by atoms with van der Waals surface area (Å²) in [6.45, 7) is 10.1. The van der Waals surface area contributed by atoms with Crippen LogP contribution in [0.2, 0.25) is 0 Å². The van der Waals surface area contributed by atoms with Crippen LogP contribution in [0.15, 0.2) is 0 Å². The highest BCUT2D eigenvalue weighted by Gasteiger charge is 2.27. The van der Waals surface area contributed by atoms with Gasteiger partial charge in [-0.15, -0.1) is 12.4 Å². The van der Waals surface area contributed by atoms with E-state index < -0.39 is 0 Å². The molecule has 0 radical (unpaired) electrons. The van der Waals surface area contributed by atoms with Gasteiger partial charge in [-0.1, -0.05) is 0 Å². The normalized spacial score (nSPS) is 32.8. The maximum Gasteiger partial charge on any atom is 0.236 e. The van der Waals surface area contributed by atoms with Gasteiger partial charge in [0.2, 0.25) is 5.91 Å². The number of likely N-dealkylation sites (tertiary alicyclic amines) is 1. The Hall–Kier alpha value is -0.320. The zero-order valence-corrected chi connectivity index (χ0v) is 13.2. The van der Waals surface area contributed by atoms with E-state index >= 15 is 0 Å². The van der Waals surface area contributed by atoms with Gasteiger partial charge >= 0.3 is 0 Å². The van der Waals surface area contributed by atoms with E-state index in [4.69, 9.17) is 0 Å². The molecule has 0 saturated carbocycles. The second kappa shape index (κ2) is 7.46. The first kappa shape index (κ1) is 16.7.